The lowest BCUT2D eigenvalue weighted by Crippen LogP contribution is -2.12. The summed E-state index contributed by atoms with van der Waals surface area (Å²) in [6.07, 6.45) is 0. The van der Waals surface area contributed by atoms with Crippen LogP contribution in [0.3, 0.4) is 0 Å². The number of halogens is 2. The molecule has 0 aromatic heterocycles. The number of nitrogens with two attached hydrogens (primary N) is 2. The molecular formula is C26H22I2N4. The first-order chi connectivity index (χ1) is 15.5. The second-order valence-corrected chi connectivity index (χ2v) is 8.95. The van der Waals surface area contributed by atoms with E-state index >= 15 is 0 Å². The van der Waals surface area contributed by atoms with Gasteiger partial charge in [0.15, 0.2) is 0 Å². The predicted molar refractivity (Wildman–Crippen MR) is 152 cm³/mol. The van der Waals surface area contributed by atoms with Gasteiger partial charge in [-0.1, -0.05) is 84.9 Å². The molecule has 0 atom stereocenters. The van der Waals surface area contributed by atoms with Gasteiger partial charge in [0.2, 0.25) is 0 Å². The van der Waals surface area contributed by atoms with Crippen LogP contribution in [0.4, 0.5) is 11.4 Å². The van der Waals surface area contributed by atoms with E-state index in [-0.39, 0.29) is 0 Å². The zero-order chi connectivity index (χ0) is 22.8. The van der Waals surface area contributed by atoms with Crippen molar-refractivity contribution >= 4 is 68.2 Å². The number of aliphatic imine (C=N–C) groups is 2. The molecule has 0 aliphatic carbocycles. The molecule has 4 rings (SSSR count). The van der Waals surface area contributed by atoms with Crippen LogP contribution >= 0.6 is 45.2 Å². The van der Waals surface area contributed by atoms with Gasteiger partial charge in [0, 0.05) is 18.3 Å². The Morgan fingerprint density at radius 2 is 0.781 bits per heavy atom. The molecule has 0 unspecified atom stereocenters. The van der Waals surface area contributed by atoms with Crippen LogP contribution in [0.25, 0.3) is 0 Å². The van der Waals surface area contributed by atoms with Crippen LogP contribution in [0.2, 0.25) is 0 Å². The van der Waals surface area contributed by atoms with E-state index in [1.165, 1.54) is 0 Å². The summed E-state index contributed by atoms with van der Waals surface area (Å²) in [5.74, 6) is 1.09. The number of hydrogen-bond donors (Lipinski definition) is 2. The Morgan fingerprint density at radius 1 is 0.469 bits per heavy atom. The van der Waals surface area contributed by atoms with E-state index in [1.807, 2.05) is 109 Å². The van der Waals surface area contributed by atoms with Crippen LogP contribution in [-0.4, -0.2) is 11.7 Å². The lowest BCUT2D eigenvalue weighted by molar-refractivity contribution is 1.43. The highest BCUT2D eigenvalue weighted by molar-refractivity contribution is 14.1. The number of amidine groups is 2. The van der Waals surface area contributed by atoms with Crippen molar-refractivity contribution in [3.05, 3.63) is 127 Å². The van der Waals surface area contributed by atoms with Gasteiger partial charge in [0.25, 0.3) is 0 Å². The third kappa shape index (κ3) is 7.16. The molecule has 0 amide bonds. The lowest BCUT2D eigenvalue weighted by Gasteiger charge is -2.02. The first kappa shape index (κ1) is 23.9. The Balaban J connectivity index is 0.000000181. The average Bonchev–Trinajstić information content (AvgIpc) is 2.83. The highest BCUT2D eigenvalue weighted by Gasteiger charge is 2.01. The summed E-state index contributed by atoms with van der Waals surface area (Å²) in [5.41, 5.74) is 15.6. The van der Waals surface area contributed by atoms with Crippen molar-refractivity contribution < 1.29 is 0 Å². The van der Waals surface area contributed by atoms with Gasteiger partial charge in [0.1, 0.15) is 11.7 Å². The molecule has 4 aromatic carbocycles. The minimum atomic E-state index is 0.546. The SMILES string of the molecule is NC(=Nc1ccccc1I)c1ccccc1.NC(=Nc1ccccc1I)c1ccccc1. The molecule has 4 N–H and O–H groups in total. The molecule has 32 heavy (non-hydrogen) atoms. The molecule has 0 aliphatic rings. The molecular weight excluding hydrogens is 622 g/mol. The van der Waals surface area contributed by atoms with Crippen molar-refractivity contribution in [3.8, 4) is 0 Å². The van der Waals surface area contributed by atoms with Crippen molar-refractivity contribution in [2.75, 3.05) is 0 Å². The van der Waals surface area contributed by atoms with E-state index in [4.69, 9.17) is 11.5 Å². The number of nitrogens with zero attached hydrogens (tertiary/aromatic N) is 2. The van der Waals surface area contributed by atoms with Crippen molar-refractivity contribution in [3.63, 3.8) is 0 Å². The highest BCUT2D eigenvalue weighted by atomic mass is 127. The summed E-state index contributed by atoms with van der Waals surface area (Å²) >= 11 is 4.50. The van der Waals surface area contributed by atoms with E-state index in [2.05, 4.69) is 55.2 Å². The van der Waals surface area contributed by atoms with Crippen LogP contribution in [0.15, 0.2) is 119 Å². The molecule has 4 nitrogen and oxygen atoms in total. The van der Waals surface area contributed by atoms with Gasteiger partial charge < -0.3 is 11.5 Å². The van der Waals surface area contributed by atoms with E-state index < -0.39 is 0 Å². The third-order valence-electron chi connectivity index (χ3n) is 4.33. The van der Waals surface area contributed by atoms with Crippen molar-refractivity contribution in [2.45, 2.75) is 0 Å². The summed E-state index contributed by atoms with van der Waals surface area (Å²) in [6.45, 7) is 0. The largest absolute Gasteiger partial charge is 0.383 e. The van der Waals surface area contributed by atoms with Gasteiger partial charge in [-0.25, -0.2) is 9.98 Å². The van der Waals surface area contributed by atoms with E-state index in [1.54, 1.807) is 0 Å². The monoisotopic (exact) mass is 644 g/mol. The summed E-state index contributed by atoms with van der Waals surface area (Å²) in [7, 11) is 0. The fraction of sp³-hybridized carbons (Fsp3) is 0. The highest BCUT2D eigenvalue weighted by Crippen LogP contribution is 2.21. The summed E-state index contributed by atoms with van der Waals surface area (Å²) in [4.78, 5) is 8.83. The zero-order valence-electron chi connectivity index (χ0n) is 17.2. The van der Waals surface area contributed by atoms with Crippen LogP contribution < -0.4 is 11.5 Å². The Kier molecular flexibility index (Phi) is 9.24. The number of para-hydroxylation sites is 2. The number of hydrogen-bond acceptors (Lipinski definition) is 2. The van der Waals surface area contributed by atoms with Gasteiger partial charge in [0.05, 0.1) is 11.4 Å². The Bertz CT molecular complexity index is 1110. The standard InChI is InChI=1S/2C13H11IN2/c2*14-11-8-4-5-9-12(11)16-13(15)10-6-2-1-3-7-10/h2*1-9H,(H2,15,16). The molecule has 0 saturated carbocycles. The Hall–Kier alpha value is -2.72. The summed E-state index contributed by atoms with van der Waals surface area (Å²) in [6, 6.07) is 35.4. The predicted octanol–water partition coefficient (Wildman–Crippen LogP) is 6.66. The first-order valence-electron chi connectivity index (χ1n) is 9.83. The maximum atomic E-state index is 5.94. The average molecular weight is 644 g/mol. The van der Waals surface area contributed by atoms with E-state index in [0.717, 1.165) is 29.6 Å². The molecule has 0 spiro atoms. The maximum absolute atomic E-state index is 5.94. The fourth-order valence-electron chi connectivity index (χ4n) is 2.69. The smallest absolute Gasteiger partial charge is 0.131 e. The summed E-state index contributed by atoms with van der Waals surface area (Å²) < 4.78 is 2.19. The van der Waals surface area contributed by atoms with E-state index in [9.17, 15) is 0 Å². The second-order valence-electron chi connectivity index (χ2n) is 6.63. The quantitative estimate of drug-likeness (QED) is 0.148. The number of rotatable bonds is 4. The number of benzene rings is 4. The van der Waals surface area contributed by atoms with Crippen molar-refractivity contribution in [1.29, 1.82) is 0 Å². The van der Waals surface area contributed by atoms with Crippen LogP contribution in [0.5, 0.6) is 0 Å². The van der Waals surface area contributed by atoms with Crippen LogP contribution in [0.1, 0.15) is 11.1 Å². The maximum Gasteiger partial charge on any atom is 0.131 e. The molecule has 4 aromatic rings. The van der Waals surface area contributed by atoms with Gasteiger partial charge in [-0.15, -0.1) is 0 Å². The van der Waals surface area contributed by atoms with Crippen LogP contribution in [0, 0.1) is 7.14 Å². The topological polar surface area (TPSA) is 76.8 Å². The second kappa shape index (κ2) is 12.4. The molecule has 0 radical (unpaired) electrons. The molecule has 0 aliphatic heterocycles. The first-order valence-corrected chi connectivity index (χ1v) is 12.0. The minimum absolute atomic E-state index is 0.546. The normalized spacial score (nSPS) is 11.4. The van der Waals surface area contributed by atoms with Crippen molar-refractivity contribution in [1.82, 2.24) is 0 Å². The molecule has 6 heteroatoms. The summed E-state index contributed by atoms with van der Waals surface area (Å²) in [5, 5.41) is 0. The molecule has 0 saturated heterocycles. The molecule has 0 heterocycles. The van der Waals surface area contributed by atoms with Gasteiger partial charge in [-0.2, -0.15) is 0 Å². The fourth-order valence-corrected chi connectivity index (χ4v) is 3.71. The van der Waals surface area contributed by atoms with Gasteiger partial charge >= 0.3 is 0 Å². The molecule has 0 fully saturated rings. The zero-order valence-corrected chi connectivity index (χ0v) is 21.5. The molecule has 160 valence electrons. The van der Waals surface area contributed by atoms with Gasteiger partial charge in [-0.05, 0) is 69.4 Å². The Morgan fingerprint density at radius 3 is 1.12 bits per heavy atom. The third-order valence-corrected chi connectivity index (χ3v) is 6.15. The van der Waals surface area contributed by atoms with Crippen LogP contribution in [-0.2, 0) is 0 Å². The van der Waals surface area contributed by atoms with Crippen molar-refractivity contribution in [2.24, 2.45) is 21.5 Å². The molecule has 0 bridgehead atoms. The Labute approximate surface area is 215 Å². The lowest BCUT2D eigenvalue weighted by atomic mass is 10.2. The van der Waals surface area contributed by atoms with Gasteiger partial charge in [-0.3, -0.25) is 0 Å². The van der Waals surface area contributed by atoms with E-state index in [0.29, 0.717) is 11.7 Å². The minimum Gasteiger partial charge on any atom is -0.383 e.